The van der Waals surface area contributed by atoms with Crippen molar-refractivity contribution in [3.63, 3.8) is 0 Å². The molecular formula is C35H34N2O3. The smallest absolute Gasteiger partial charge is 0.163 e. The Labute approximate surface area is 235 Å². The summed E-state index contributed by atoms with van der Waals surface area (Å²) < 4.78 is 11.8. The Kier molecular flexibility index (Phi) is 7.53. The highest BCUT2D eigenvalue weighted by atomic mass is 16.5. The number of hydrogen-bond donors (Lipinski definition) is 2. The molecule has 1 aliphatic carbocycles. The zero-order chi connectivity index (χ0) is 27.3. The van der Waals surface area contributed by atoms with Gasteiger partial charge in [-0.2, -0.15) is 0 Å². The number of carbonyl (C=O) groups is 1. The lowest BCUT2D eigenvalue weighted by Gasteiger charge is -2.30. The van der Waals surface area contributed by atoms with E-state index in [1.165, 1.54) is 0 Å². The summed E-state index contributed by atoms with van der Waals surface area (Å²) in [6, 6.07) is 34.4. The Morgan fingerprint density at radius 2 is 1.38 bits per heavy atom. The van der Waals surface area contributed by atoms with Crippen LogP contribution >= 0.6 is 0 Å². The lowest BCUT2D eigenvalue weighted by atomic mass is 9.78. The van der Waals surface area contributed by atoms with Crippen molar-refractivity contribution >= 4 is 17.2 Å². The number of allylic oxidation sites excluding steroid dienone is 1. The molecule has 2 atom stereocenters. The first kappa shape index (κ1) is 25.8. The van der Waals surface area contributed by atoms with Gasteiger partial charge in [-0.3, -0.25) is 4.79 Å². The normalized spacial score (nSPS) is 18.1. The lowest BCUT2D eigenvalue weighted by Crippen LogP contribution is -2.26. The zero-order valence-corrected chi connectivity index (χ0v) is 22.7. The molecule has 0 spiro atoms. The van der Waals surface area contributed by atoms with Gasteiger partial charge in [-0.1, -0.05) is 73.7 Å². The highest BCUT2D eigenvalue weighted by Crippen LogP contribution is 2.44. The van der Waals surface area contributed by atoms with Crippen LogP contribution < -0.4 is 20.1 Å². The quantitative estimate of drug-likeness (QED) is 0.241. The van der Waals surface area contributed by atoms with Gasteiger partial charge in [0, 0.05) is 17.7 Å². The molecule has 1 heterocycles. The Hall–Kier alpha value is -4.51. The van der Waals surface area contributed by atoms with Gasteiger partial charge in [-0.15, -0.1) is 0 Å². The number of fused-ring (bicyclic) bond motifs is 1. The monoisotopic (exact) mass is 530 g/mol. The van der Waals surface area contributed by atoms with E-state index in [4.69, 9.17) is 9.47 Å². The largest absolute Gasteiger partial charge is 0.494 e. The summed E-state index contributed by atoms with van der Waals surface area (Å²) in [7, 11) is 0. The van der Waals surface area contributed by atoms with Crippen LogP contribution in [0.2, 0.25) is 0 Å². The Bertz CT molecular complexity index is 1490. The van der Waals surface area contributed by atoms with E-state index < -0.39 is 0 Å². The molecule has 4 aromatic rings. The summed E-state index contributed by atoms with van der Waals surface area (Å²) in [6.07, 6.45) is 2.21. The van der Waals surface area contributed by atoms with Crippen LogP contribution in [0.15, 0.2) is 114 Å². The number of nitrogens with one attached hydrogen (secondary N) is 2. The van der Waals surface area contributed by atoms with Crippen molar-refractivity contribution in [2.45, 2.75) is 44.8 Å². The standard InChI is InChI=1S/C35H34N2O3/c1-2-20-39-28-16-12-25(13-17-28)27-21-32-34(33(38)22-27)35(37-31-11-7-6-10-30(31)36-32)26-14-18-29(19-15-26)40-23-24-8-4-3-5-9-24/h3-19,27,35-37H,2,20-23H2,1H3. The average molecular weight is 531 g/mol. The zero-order valence-electron chi connectivity index (χ0n) is 22.7. The van der Waals surface area contributed by atoms with Crippen molar-refractivity contribution in [2.24, 2.45) is 0 Å². The number of Topliss-reactive ketones (excluding diaryl/α,β-unsaturated/α-hetero) is 1. The minimum Gasteiger partial charge on any atom is -0.494 e. The van der Waals surface area contributed by atoms with Crippen LogP contribution in [0, 0.1) is 0 Å². The summed E-state index contributed by atoms with van der Waals surface area (Å²) in [6.45, 7) is 3.32. The Morgan fingerprint density at radius 3 is 2.10 bits per heavy atom. The third kappa shape index (κ3) is 5.59. The fraction of sp³-hybridized carbons (Fsp3) is 0.229. The van der Waals surface area contributed by atoms with Crippen molar-refractivity contribution in [2.75, 3.05) is 17.2 Å². The van der Waals surface area contributed by atoms with E-state index in [-0.39, 0.29) is 17.7 Å². The molecule has 2 unspecified atom stereocenters. The van der Waals surface area contributed by atoms with Gasteiger partial charge in [0.15, 0.2) is 5.78 Å². The van der Waals surface area contributed by atoms with Crippen molar-refractivity contribution in [3.8, 4) is 11.5 Å². The number of anilines is 2. The third-order valence-electron chi connectivity index (χ3n) is 7.60. The van der Waals surface area contributed by atoms with E-state index >= 15 is 0 Å². The summed E-state index contributed by atoms with van der Waals surface area (Å²) in [5.41, 5.74) is 7.08. The van der Waals surface area contributed by atoms with E-state index in [0.717, 1.165) is 63.7 Å². The van der Waals surface area contributed by atoms with Crippen molar-refractivity contribution < 1.29 is 14.3 Å². The maximum Gasteiger partial charge on any atom is 0.163 e. The second-order valence-corrected chi connectivity index (χ2v) is 10.4. The second-order valence-electron chi connectivity index (χ2n) is 10.4. The molecule has 0 bridgehead atoms. The lowest BCUT2D eigenvalue weighted by molar-refractivity contribution is -0.116. The molecule has 0 fully saturated rings. The van der Waals surface area contributed by atoms with Crippen LogP contribution in [-0.2, 0) is 11.4 Å². The molecule has 202 valence electrons. The van der Waals surface area contributed by atoms with Crippen LogP contribution in [-0.4, -0.2) is 12.4 Å². The first-order valence-corrected chi connectivity index (χ1v) is 14.1. The maximum absolute atomic E-state index is 13.8. The molecule has 4 aromatic carbocycles. The van der Waals surface area contributed by atoms with Crippen molar-refractivity contribution in [3.05, 3.63) is 131 Å². The van der Waals surface area contributed by atoms with E-state index in [9.17, 15) is 4.79 Å². The van der Waals surface area contributed by atoms with Crippen LogP contribution in [0.5, 0.6) is 11.5 Å². The van der Waals surface area contributed by atoms with Gasteiger partial charge >= 0.3 is 0 Å². The summed E-state index contributed by atoms with van der Waals surface area (Å²) >= 11 is 0. The fourth-order valence-corrected chi connectivity index (χ4v) is 5.53. The molecule has 0 amide bonds. The SMILES string of the molecule is CCCOc1ccc(C2CC(=O)C3=C(C2)Nc2ccccc2NC3c2ccc(OCc3ccccc3)cc2)cc1. The van der Waals surface area contributed by atoms with Crippen molar-refractivity contribution in [1.29, 1.82) is 0 Å². The summed E-state index contributed by atoms with van der Waals surface area (Å²) in [4.78, 5) is 13.8. The molecule has 0 saturated carbocycles. The molecule has 40 heavy (non-hydrogen) atoms. The van der Waals surface area contributed by atoms with Gasteiger partial charge in [0.05, 0.1) is 24.0 Å². The van der Waals surface area contributed by atoms with Gasteiger partial charge in [0.25, 0.3) is 0 Å². The topological polar surface area (TPSA) is 59.6 Å². The summed E-state index contributed by atoms with van der Waals surface area (Å²) in [5.74, 6) is 1.95. The van der Waals surface area contributed by atoms with Gasteiger partial charge in [-0.05, 0) is 71.8 Å². The Balaban J connectivity index is 1.27. The Morgan fingerprint density at radius 1 is 0.725 bits per heavy atom. The number of benzene rings is 4. The second kappa shape index (κ2) is 11.7. The highest BCUT2D eigenvalue weighted by molar-refractivity contribution is 6.01. The molecule has 0 aromatic heterocycles. The van der Waals surface area contributed by atoms with E-state index in [2.05, 4.69) is 66.1 Å². The van der Waals surface area contributed by atoms with Crippen LogP contribution in [0.3, 0.4) is 0 Å². The molecule has 2 N–H and O–H groups in total. The molecule has 0 saturated heterocycles. The van der Waals surface area contributed by atoms with Crippen LogP contribution in [0.1, 0.15) is 54.8 Å². The fourth-order valence-electron chi connectivity index (χ4n) is 5.53. The van der Waals surface area contributed by atoms with E-state index in [0.29, 0.717) is 19.6 Å². The number of para-hydroxylation sites is 2. The average Bonchev–Trinajstić information content (AvgIpc) is 3.17. The number of hydrogen-bond acceptors (Lipinski definition) is 5. The number of ether oxygens (including phenoxy) is 2. The maximum atomic E-state index is 13.8. The molecule has 0 radical (unpaired) electrons. The molecule has 6 rings (SSSR count). The third-order valence-corrected chi connectivity index (χ3v) is 7.60. The highest BCUT2D eigenvalue weighted by Gasteiger charge is 2.36. The van der Waals surface area contributed by atoms with Gasteiger partial charge < -0.3 is 20.1 Å². The number of carbonyl (C=O) groups excluding carboxylic acids is 1. The van der Waals surface area contributed by atoms with Crippen molar-refractivity contribution in [1.82, 2.24) is 0 Å². The molecule has 5 nitrogen and oxygen atoms in total. The minimum absolute atomic E-state index is 0.110. The number of ketones is 1. The van der Waals surface area contributed by atoms with Gasteiger partial charge in [-0.25, -0.2) is 0 Å². The summed E-state index contributed by atoms with van der Waals surface area (Å²) in [5, 5.41) is 7.29. The first-order valence-electron chi connectivity index (χ1n) is 14.1. The van der Waals surface area contributed by atoms with E-state index in [1.807, 2.05) is 54.6 Å². The van der Waals surface area contributed by atoms with Gasteiger partial charge in [0.1, 0.15) is 18.1 Å². The number of rotatable bonds is 8. The predicted octanol–water partition coefficient (Wildman–Crippen LogP) is 8.03. The molecule has 2 aliphatic rings. The predicted molar refractivity (Wildman–Crippen MR) is 160 cm³/mol. The first-order chi connectivity index (χ1) is 19.7. The van der Waals surface area contributed by atoms with Gasteiger partial charge in [0.2, 0.25) is 0 Å². The van der Waals surface area contributed by atoms with Crippen LogP contribution in [0.25, 0.3) is 0 Å². The van der Waals surface area contributed by atoms with E-state index in [1.54, 1.807) is 0 Å². The molecular weight excluding hydrogens is 496 g/mol. The van der Waals surface area contributed by atoms with Crippen LogP contribution in [0.4, 0.5) is 11.4 Å². The molecule has 1 aliphatic heterocycles. The molecule has 5 heteroatoms. The minimum atomic E-state index is -0.257.